The van der Waals surface area contributed by atoms with E-state index in [-0.39, 0.29) is 24.1 Å². The fourth-order valence-electron chi connectivity index (χ4n) is 4.76. The molecule has 1 aromatic heterocycles. The van der Waals surface area contributed by atoms with E-state index in [2.05, 4.69) is 29.0 Å². The molecular formula is C28H37N5O3. The molecule has 2 heterocycles. The van der Waals surface area contributed by atoms with Crippen molar-refractivity contribution < 1.29 is 9.53 Å². The molecule has 4 rings (SSSR count). The molecule has 192 valence electrons. The maximum Gasteiger partial charge on any atom is 0.262 e. The van der Waals surface area contributed by atoms with E-state index >= 15 is 0 Å². The zero-order valence-corrected chi connectivity index (χ0v) is 22.0. The summed E-state index contributed by atoms with van der Waals surface area (Å²) in [6.45, 7) is 12.1. The fourth-order valence-corrected chi connectivity index (χ4v) is 4.76. The Kier molecular flexibility index (Phi) is 7.94. The number of nitrogens with one attached hydrogen (secondary N) is 1. The summed E-state index contributed by atoms with van der Waals surface area (Å²) >= 11 is 0. The van der Waals surface area contributed by atoms with Crippen molar-refractivity contribution in [1.29, 1.82) is 0 Å². The predicted molar refractivity (Wildman–Crippen MR) is 145 cm³/mol. The zero-order chi connectivity index (χ0) is 25.8. The molecule has 1 amide bonds. The Morgan fingerprint density at radius 3 is 2.58 bits per heavy atom. The lowest BCUT2D eigenvalue weighted by atomic mass is 10.1. The Hall–Kier alpha value is -3.39. The summed E-state index contributed by atoms with van der Waals surface area (Å²) in [7, 11) is 1.60. The Labute approximate surface area is 212 Å². The number of rotatable bonds is 7. The first-order chi connectivity index (χ1) is 17.3. The topological polar surface area (TPSA) is 79.7 Å². The van der Waals surface area contributed by atoms with E-state index in [9.17, 15) is 9.59 Å². The smallest absolute Gasteiger partial charge is 0.262 e. The highest BCUT2D eigenvalue weighted by Crippen LogP contribution is 2.26. The van der Waals surface area contributed by atoms with E-state index in [1.165, 1.54) is 4.57 Å². The van der Waals surface area contributed by atoms with Gasteiger partial charge in [0, 0.05) is 49.5 Å². The normalized spacial score (nSPS) is 14.9. The fraction of sp³-hybridized carbons (Fsp3) is 0.464. The molecule has 1 aliphatic heterocycles. The molecule has 8 heteroatoms. The largest absolute Gasteiger partial charge is 0.497 e. The molecule has 0 radical (unpaired) electrons. The number of fused-ring (bicyclic) bond motifs is 1. The number of anilines is 1. The van der Waals surface area contributed by atoms with Gasteiger partial charge in [0.1, 0.15) is 18.1 Å². The number of amides is 1. The maximum absolute atomic E-state index is 13.8. The average Bonchev–Trinajstić information content (AvgIpc) is 3.12. The van der Waals surface area contributed by atoms with Gasteiger partial charge >= 0.3 is 0 Å². The lowest BCUT2D eigenvalue weighted by molar-refractivity contribution is -0.122. The number of hydrogen-bond donors (Lipinski definition) is 1. The van der Waals surface area contributed by atoms with Gasteiger partial charge in [0.15, 0.2) is 0 Å². The molecule has 2 aromatic carbocycles. The van der Waals surface area contributed by atoms with E-state index < -0.39 is 0 Å². The van der Waals surface area contributed by atoms with E-state index in [4.69, 9.17) is 9.72 Å². The molecule has 1 saturated heterocycles. The van der Waals surface area contributed by atoms with Crippen LogP contribution in [-0.4, -0.2) is 65.7 Å². The minimum Gasteiger partial charge on any atom is -0.497 e. The van der Waals surface area contributed by atoms with Crippen LogP contribution in [0.25, 0.3) is 22.3 Å². The van der Waals surface area contributed by atoms with Gasteiger partial charge in [-0.25, -0.2) is 4.98 Å². The first-order valence-corrected chi connectivity index (χ1v) is 12.7. The van der Waals surface area contributed by atoms with Crippen molar-refractivity contribution >= 4 is 22.5 Å². The summed E-state index contributed by atoms with van der Waals surface area (Å²) in [6, 6.07) is 13.8. The van der Waals surface area contributed by atoms with Crippen LogP contribution in [0.15, 0.2) is 47.3 Å². The maximum atomic E-state index is 13.8. The molecule has 1 N–H and O–H groups in total. The van der Waals surface area contributed by atoms with Crippen molar-refractivity contribution in [2.45, 2.75) is 52.7 Å². The summed E-state index contributed by atoms with van der Waals surface area (Å²) in [4.78, 5) is 36.2. The molecule has 1 aliphatic rings. The highest BCUT2D eigenvalue weighted by atomic mass is 16.5. The van der Waals surface area contributed by atoms with E-state index in [0.717, 1.165) is 43.9 Å². The van der Waals surface area contributed by atoms with Crippen LogP contribution in [0.4, 0.5) is 5.69 Å². The van der Waals surface area contributed by atoms with Crippen LogP contribution in [0.1, 0.15) is 34.1 Å². The van der Waals surface area contributed by atoms with Crippen LogP contribution in [0.2, 0.25) is 0 Å². The van der Waals surface area contributed by atoms with Crippen LogP contribution in [-0.2, 0) is 11.3 Å². The van der Waals surface area contributed by atoms with Gasteiger partial charge in [-0.2, -0.15) is 0 Å². The summed E-state index contributed by atoms with van der Waals surface area (Å²) in [6.07, 6.45) is 1.07. The van der Waals surface area contributed by atoms with Gasteiger partial charge in [0.2, 0.25) is 5.91 Å². The average molecular weight is 492 g/mol. The third-order valence-corrected chi connectivity index (χ3v) is 6.64. The molecule has 0 bridgehead atoms. The van der Waals surface area contributed by atoms with Crippen molar-refractivity contribution in [3.63, 3.8) is 0 Å². The number of hydrogen-bond acceptors (Lipinski definition) is 6. The van der Waals surface area contributed by atoms with Gasteiger partial charge in [-0.3, -0.25) is 19.1 Å². The summed E-state index contributed by atoms with van der Waals surface area (Å²) in [5.74, 6) is 0.877. The highest BCUT2D eigenvalue weighted by molar-refractivity contribution is 5.84. The second-order valence-electron chi connectivity index (χ2n) is 9.95. The van der Waals surface area contributed by atoms with Gasteiger partial charge in [0.25, 0.3) is 5.56 Å². The molecule has 0 unspecified atom stereocenters. The standard InChI is InChI=1S/C28H37N5O3/c1-19(2)29-26(34)18-33-27(21-8-6-9-23(16-21)36-5)30-25-11-10-22(17-24(25)28(33)35)32-13-7-12-31(14-15-32)20(3)4/h6,8-11,16-17,19-20H,7,12-15,18H2,1-5H3,(H,29,34). The van der Waals surface area contributed by atoms with E-state index in [0.29, 0.717) is 28.5 Å². The minimum absolute atomic E-state index is 0.0260. The van der Waals surface area contributed by atoms with Crippen LogP contribution in [0.5, 0.6) is 5.75 Å². The van der Waals surface area contributed by atoms with Crippen LogP contribution in [0.3, 0.4) is 0 Å². The first-order valence-electron chi connectivity index (χ1n) is 12.7. The molecule has 0 saturated carbocycles. The third-order valence-electron chi connectivity index (χ3n) is 6.64. The summed E-state index contributed by atoms with van der Waals surface area (Å²) < 4.78 is 6.85. The zero-order valence-electron chi connectivity index (χ0n) is 22.0. The van der Waals surface area contributed by atoms with Gasteiger partial charge in [-0.15, -0.1) is 0 Å². The molecular weight excluding hydrogens is 454 g/mol. The molecule has 1 fully saturated rings. The number of nitrogens with zero attached hydrogens (tertiary/aromatic N) is 4. The van der Waals surface area contributed by atoms with Crippen molar-refractivity contribution in [1.82, 2.24) is 19.8 Å². The quantitative estimate of drug-likeness (QED) is 0.545. The molecule has 0 aliphatic carbocycles. The number of ether oxygens (including phenoxy) is 1. The van der Waals surface area contributed by atoms with Crippen LogP contribution >= 0.6 is 0 Å². The first kappa shape index (κ1) is 25.7. The lowest BCUT2D eigenvalue weighted by Gasteiger charge is -2.26. The minimum atomic E-state index is -0.227. The van der Waals surface area contributed by atoms with Crippen molar-refractivity contribution in [2.75, 3.05) is 38.2 Å². The molecule has 8 nitrogen and oxygen atoms in total. The summed E-state index contributed by atoms with van der Waals surface area (Å²) in [5, 5.41) is 3.40. The van der Waals surface area contributed by atoms with Gasteiger partial charge in [-0.1, -0.05) is 12.1 Å². The number of benzene rings is 2. The van der Waals surface area contributed by atoms with Crippen LogP contribution in [0, 0.1) is 0 Å². The van der Waals surface area contributed by atoms with Gasteiger partial charge < -0.3 is 15.0 Å². The number of carbonyl (C=O) groups is 1. The van der Waals surface area contributed by atoms with Gasteiger partial charge in [-0.05, 0) is 64.4 Å². The third kappa shape index (κ3) is 5.70. The van der Waals surface area contributed by atoms with E-state index in [1.54, 1.807) is 7.11 Å². The molecule has 0 spiro atoms. The van der Waals surface area contributed by atoms with Crippen molar-refractivity contribution in [2.24, 2.45) is 0 Å². The van der Waals surface area contributed by atoms with Crippen molar-refractivity contribution in [3.05, 3.63) is 52.8 Å². The number of methoxy groups -OCH3 is 1. The van der Waals surface area contributed by atoms with E-state index in [1.807, 2.05) is 56.3 Å². The SMILES string of the molecule is COc1cccc(-c2nc3ccc(N4CCCN(C(C)C)CC4)cc3c(=O)n2CC(=O)NC(C)C)c1. The Morgan fingerprint density at radius 1 is 1.06 bits per heavy atom. The Morgan fingerprint density at radius 2 is 1.86 bits per heavy atom. The molecule has 3 aromatic rings. The Bertz CT molecular complexity index is 1280. The van der Waals surface area contributed by atoms with Crippen molar-refractivity contribution in [3.8, 4) is 17.1 Å². The second-order valence-corrected chi connectivity index (χ2v) is 9.95. The number of aromatic nitrogens is 2. The second kappa shape index (κ2) is 11.1. The Balaban J connectivity index is 1.78. The predicted octanol–water partition coefficient (Wildman–Crippen LogP) is 3.52. The summed E-state index contributed by atoms with van der Waals surface area (Å²) in [5.41, 5.74) is 2.12. The monoisotopic (exact) mass is 491 g/mol. The number of carbonyl (C=O) groups excluding carboxylic acids is 1. The highest BCUT2D eigenvalue weighted by Gasteiger charge is 2.20. The molecule has 0 atom stereocenters. The van der Waals surface area contributed by atoms with Gasteiger partial charge in [0.05, 0.1) is 18.0 Å². The molecule has 36 heavy (non-hydrogen) atoms. The lowest BCUT2D eigenvalue weighted by Crippen LogP contribution is -2.37. The van der Waals surface area contributed by atoms with Crippen LogP contribution < -0.4 is 20.5 Å².